The van der Waals surface area contributed by atoms with Gasteiger partial charge in [-0.05, 0) is 29.8 Å². The number of esters is 4. The molecular formula is C32H32O11. The molecule has 3 aromatic carbocycles. The molecule has 1 fully saturated rings. The van der Waals surface area contributed by atoms with Crippen molar-refractivity contribution in [2.24, 2.45) is 0 Å². The highest BCUT2D eigenvalue weighted by Crippen LogP contribution is 2.41. The second kappa shape index (κ2) is 14.5. The molecule has 43 heavy (non-hydrogen) atoms. The van der Waals surface area contributed by atoms with E-state index in [4.69, 9.17) is 31.2 Å². The van der Waals surface area contributed by atoms with Crippen LogP contribution in [0.3, 0.4) is 0 Å². The van der Waals surface area contributed by atoms with Gasteiger partial charge in [0.05, 0.1) is 24.3 Å². The van der Waals surface area contributed by atoms with Gasteiger partial charge in [0.25, 0.3) is 0 Å². The smallest absolute Gasteiger partial charge is 0.338 e. The highest BCUT2D eigenvalue weighted by Gasteiger charge is 2.65. The van der Waals surface area contributed by atoms with E-state index in [1.807, 2.05) is 0 Å². The third-order valence-electron chi connectivity index (χ3n) is 6.58. The van der Waals surface area contributed by atoms with Crippen molar-refractivity contribution in [3.8, 4) is 0 Å². The third kappa shape index (κ3) is 7.83. The number of aliphatic hydroxyl groups is 1. The lowest BCUT2D eigenvalue weighted by molar-refractivity contribution is -0.233. The number of carbonyl (C=O) groups excluding carboxylic acids is 4. The monoisotopic (exact) mass is 594 g/mol. The number of ether oxygens (including phenoxy) is 6. The van der Waals surface area contributed by atoms with Crippen LogP contribution < -0.4 is 0 Å². The zero-order chi connectivity index (χ0) is 32.2. The van der Waals surface area contributed by atoms with E-state index in [9.17, 15) is 24.3 Å². The topological polar surface area (TPSA) is 144 Å². The summed E-state index contributed by atoms with van der Waals surface area (Å²) in [6.45, 7) is -3.41. The van der Waals surface area contributed by atoms with Crippen LogP contribution in [0, 0.1) is 0 Å². The van der Waals surface area contributed by atoms with Gasteiger partial charge in [-0.1, -0.05) is 66.7 Å². The minimum Gasteiger partial charge on any atom is -0.459 e. The van der Waals surface area contributed by atoms with E-state index < -0.39 is 81.1 Å². The highest BCUT2D eigenvalue weighted by atomic mass is 16.8. The summed E-state index contributed by atoms with van der Waals surface area (Å²) in [5.74, 6) is -3.78. The van der Waals surface area contributed by atoms with Gasteiger partial charge in [-0.3, -0.25) is 9.59 Å². The molecule has 1 aliphatic rings. The summed E-state index contributed by atoms with van der Waals surface area (Å²) in [5, 5.41) is 10.6. The zero-order valence-corrected chi connectivity index (χ0v) is 23.0. The summed E-state index contributed by atoms with van der Waals surface area (Å²) in [4.78, 5) is 51.0. The van der Waals surface area contributed by atoms with Crippen molar-refractivity contribution in [1.29, 1.82) is 0 Å². The Morgan fingerprint density at radius 3 is 1.98 bits per heavy atom. The quantitative estimate of drug-likeness (QED) is 0.244. The minimum atomic E-state index is -2.14. The molecule has 0 spiro atoms. The average molecular weight is 595 g/mol. The number of hydrogen-bond donors (Lipinski definition) is 1. The van der Waals surface area contributed by atoms with Crippen LogP contribution in [-0.2, 0) is 44.6 Å². The van der Waals surface area contributed by atoms with Gasteiger partial charge in [0.1, 0.15) is 12.7 Å². The summed E-state index contributed by atoms with van der Waals surface area (Å²) in [6.07, 6.45) is -6.52. The van der Waals surface area contributed by atoms with E-state index >= 15 is 0 Å². The lowest BCUT2D eigenvalue weighted by Gasteiger charge is -2.38. The normalized spacial score (nSPS) is 22.4. The average Bonchev–Trinajstić information content (AvgIpc) is 3.37. The van der Waals surface area contributed by atoms with Crippen LogP contribution in [0.2, 0.25) is 0 Å². The van der Waals surface area contributed by atoms with Gasteiger partial charge in [-0.15, -0.1) is 0 Å². The van der Waals surface area contributed by atoms with Crippen LogP contribution in [0.15, 0.2) is 91.0 Å². The molecule has 0 amide bonds. The van der Waals surface area contributed by atoms with Crippen LogP contribution in [-0.4, -0.2) is 72.4 Å². The molecule has 1 N–H and O–H groups in total. The fraction of sp³-hybridized carbons (Fsp3) is 0.312. The van der Waals surface area contributed by atoms with E-state index in [0.29, 0.717) is 5.56 Å². The first-order chi connectivity index (χ1) is 21.8. The van der Waals surface area contributed by atoms with Crippen molar-refractivity contribution in [3.05, 3.63) is 108 Å². The molecule has 1 saturated heterocycles. The molecule has 1 unspecified atom stereocenters. The number of aliphatic hydroxyl groups excluding tert-OH is 1. The molecule has 11 nitrogen and oxygen atoms in total. The Morgan fingerprint density at radius 2 is 1.40 bits per heavy atom. The Balaban J connectivity index is 1.79. The number of hydrogen-bond acceptors (Lipinski definition) is 11. The van der Waals surface area contributed by atoms with Gasteiger partial charge < -0.3 is 33.5 Å². The van der Waals surface area contributed by atoms with Crippen LogP contribution in [0.4, 0.5) is 0 Å². The molecule has 1 aliphatic heterocycles. The van der Waals surface area contributed by atoms with Crippen molar-refractivity contribution >= 4 is 23.9 Å². The summed E-state index contributed by atoms with van der Waals surface area (Å²) < 4.78 is 49.4. The van der Waals surface area contributed by atoms with E-state index in [0.717, 1.165) is 0 Å². The predicted octanol–water partition coefficient (Wildman–Crippen LogP) is 3.24. The summed E-state index contributed by atoms with van der Waals surface area (Å²) in [7, 11) is 0. The lowest BCUT2D eigenvalue weighted by atomic mass is 9.89. The standard InChI is InChI=1S/C32H32O11/c1-21(34)40-27-28(38-19-23-12-6-3-7-13-23)32(43-31(27)41-22(2)35,20-39-29(36)24-14-8-4-9-15-24)26(18-33)42-30(37)25-16-10-5-11-17-25/h3-17,26-28,31,33H,18-20H2,1-2H3/t26-,27-,28-,31?,32-/m1/s1/i1D,2D. The third-order valence-corrected chi connectivity index (χ3v) is 6.58. The van der Waals surface area contributed by atoms with Gasteiger partial charge >= 0.3 is 23.9 Å². The van der Waals surface area contributed by atoms with Crippen molar-refractivity contribution < 1.29 is 55.4 Å². The molecule has 5 atom stereocenters. The van der Waals surface area contributed by atoms with Gasteiger partial charge in [-0.25, -0.2) is 9.59 Å². The predicted molar refractivity (Wildman–Crippen MR) is 149 cm³/mol. The maximum Gasteiger partial charge on any atom is 0.338 e. The summed E-state index contributed by atoms with van der Waals surface area (Å²) in [5.41, 5.74) is -1.19. The molecule has 0 saturated carbocycles. The maximum atomic E-state index is 13.2. The molecule has 0 aliphatic carbocycles. The van der Waals surface area contributed by atoms with Crippen molar-refractivity contribution in [3.63, 3.8) is 0 Å². The van der Waals surface area contributed by atoms with E-state index in [1.165, 1.54) is 24.3 Å². The summed E-state index contributed by atoms with van der Waals surface area (Å²) >= 11 is 0. The molecular weight excluding hydrogens is 560 g/mol. The minimum absolute atomic E-state index is 0.126. The molecule has 1 heterocycles. The first-order valence-corrected chi connectivity index (χ1v) is 13.2. The first kappa shape index (κ1) is 28.5. The van der Waals surface area contributed by atoms with E-state index in [1.54, 1.807) is 66.7 Å². The summed E-state index contributed by atoms with van der Waals surface area (Å²) in [6, 6.07) is 24.6. The second-order valence-corrected chi connectivity index (χ2v) is 9.49. The fourth-order valence-electron chi connectivity index (χ4n) is 4.62. The van der Waals surface area contributed by atoms with Crippen molar-refractivity contribution in [2.75, 3.05) is 13.2 Å². The van der Waals surface area contributed by atoms with Crippen LogP contribution in [0.1, 0.15) is 42.8 Å². The number of rotatable bonds is 12. The van der Waals surface area contributed by atoms with E-state index in [-0.39, 0.29) is 17.7 Å². The SMILES string of the molecule is [2H]CC(=O)OC1O[C@](COC(=O)c2ccccc2)([C@@H](CO)OC(=O)c2ccccc2)[C@H](OCc2ccccc2)[C@H]1OC(=O)C[2H]. The molecule has 3 aromatic rings. The van der Waals surface area contributed by atoms with Crippen molar-refractivity contribution in [2.45, 2.75) is 50.6 Å². The van der Waals surface area contributed by atoms with Crippen molar-refractivity contribution in [1.82, 2.24) is 0 Å². The van der Waals surface area contributed by atoms with Gasteiger partial charge in [0.15, 0.2) is 17.8 Å². The second-order valence-electron chi connectivity index (χ2n) is 9.49. The molecule has 0 bridgehead atoms. The lowest BCUT2D eigenvalue weighted by Crippen LogP contribution is -2.60. The highest BCUT2D eigenvalue weighted by molar-refractivity contribution is 5.90. The molecule has 0 aromatic heterocycles. The van der Waals surface area contributed by atoms with Crippen LogP contribution in [0.5, 0.6) is 0 Å². The van der Waals surface area contributed by atoms with Gasteiger partial charge in [0, 0.05) is 16.5 Å². The Hall–Kier alpha value is -4.58. The Morgan fingerprint density at radius 1 is 0.837 bits per heavy atom. The Labute approximate surface area is 251 Å². The first-order valence-electron chi connectivity index (χ1n) is 14.6. The Bertz CT molecular complexity index is 1420. The molecule has 0 radical (unpaired) electrons. The molecule has 11 heteroatoms. The number of carbonyl (C=O) groups is 4. The van der Waals surface area contributed by atoms with Crippen LogP contribution in [0.25, 0.3) is 0 Å². The zero-order valence-electron chi connectivity index (χ0n) is 25.0. The van der Waals surface area contributed by atoms with E-state index in [2.05, 4.69) is 0 Å². The van der Waals surface area contributed by atoms with Gasteiger partial charge in [0.2, 0.25) is 6.29 Å². The fourth-order valence-corrected chi connectivity index (χ4v) is 4.62. The maximum absolute atomic E-state index is 13.2. The molecule has 226 valence electrons. The number of benzene rings is 3. The van der Waals surface area contributed by atoms with Crippen LogP contribution >= 0.6 is 0 Å². The Kier molecular flexibility index (Phi) is 9.65. The van der Waals surface area contributed by atoms with Gasteiger partial charge in [-0.2, -0.15) is 0 Å². The largest absolute Gasteiger partial charge is 0.459 e. The molecule has 4 rings (SSSR count).